The second-order valence-electron chi connectivity index (χ2n) is 7.21. The van der Waals surface area contributed by atoms with Crippen LogP contribution in [0.4, 0.5) is 16.2 Å². The van der Waals surface area contributed by atoms with Crippen molar-refractivity contribution >= 4 is 35.1 Å². The molecule has 2 atom stereocenters. The summed E-state index contributed by atoms with van der Waals surface area (Å²) in [6, 6.07) is 12.6. The van der Waals surface area contributed by atoms with Crippen LogP contribution >= 0.6 is 11.8 Å². The molecule has 9 heteroatoms. The number of phenols is 1. The molecule has 0 saturated heterocycles. The number of amides is 2. The zero-order chi connectivity index (χ0) is 21.7. The molecule has 0 radical (unpaired) electrons. The first-order valence-electron chi connectivity index (χ1n) is 9.49. The molecule has 8 nitrogen and oxygen atoms in total. The fraction of sp³-hybridized carbons (Fsp3) is 0.136. The lowest BCUT2D eigenvalue weighted by Gasteiger charge is -2.34. The molecule has 1 aromatic heterocycles. The predicted molar refractivity (Wildman–Crippen MR) is 114 cm³/mol. The molecule has 3 heterocycles. The van der Waals surface area contributed by atoms with Gasteiger partial charge in [-0.25, -0.2) is 9.78 Å². The number of para-hydroxylation sites is 2. The van der Waals surface area contributed by atoms with Gasteiger partial charge in [0, 0.05) is 11.8 Å². The number of nitrogens with zero attached hydrogens (tertiary/aromatic N) is 2. The summed E-state index contributed by atoms with van der Waals surface area (Å²) in [5, 5.41) is 22.1. The maximum atomic E-state index is 13.0. The van der Waals surface area contributed by atoms with E-state index >= 15 is 0 Å². The first kappa shape index (κ1) is 19.3. The van der Waals surface area contributed by atoms with Crippen LogP contribution in [0.1, 0.15) is 17.2 Å². The number of anilines is 2. The molecule has 2 aliphatic rings. The number of aromatic nitrogens is 1. The highest BCUT2D eigenvalue weighted by molar-refractivity contribution is 8.00. The molecule has 2 amide bonds. The Morgan fingerprint density at radius 3 is 2.74 bits per heavy atom. The summed E-state index contributed by atoms with van der Waals surface area (Å²) in [5.41, 5.74) is 2.74. The number of thioether (sulfide) groups is 1. The van der Waals surface area contributed by atoms with Gasteiger partial charge in [-0.05, 0) is 48.9 Å². The van der Waals surface area contributed by atoms with Crippen LogP contribution < -0.4 is 15.0 Å². The molecule has 156 valence electrons. The third kappa shape index (κ3) is 3.14. The predicted octanol–water partition coefficient (Wildman–Crippen LogP) is 4.35. The lowest BCUT2D eigenvalue weighted by molar-refractivity contribution is -0.136. The van der Waals surface area contributed by atoms with Gasteiger partial charge in [-0.3, -0.25) is 9.69 Å². The van der Waals surface area contributed by atoms with Gasteiger partial charge in [-0.1, -0.05) is 23.9 Å². The molecule has 3 N–H and O–H groups in total. The average molecular weight is 435 g/mol. The molecule has 3 aromatic rings. The molecule has 0 aliphatic carbocycles. The van der Waals surface area contributed by atoms with Crippen LogP contribution in [0.15, 0.2) is 59.8 Å². The van der Waals surface area contributed by atoms with E-state index in [0.717, 1.165) is 17.3 Å². The minimum absolute atomic E-state index is 0.0310. The Balaban J connectivity index is 1.52. The van der Waals surface area contributed by atoms with Gasteiger partial charge in [0.2, 0.25) is 0 Å². The number of phenolic OH excluding ortho intramolecular Hbond substituents is 1. The summed E-state index contributed by atoms with van der Waals surface area (Å²) in [4.78, 5) is 30.5. The Kier molecular flexibility index (Phi) is 4.48. The van der Waals surface area contributed by atoms with Gasteiger partial charge in [0.05, 0.1) is 17.4 Å². The fourth-order valence-corrected chi connectivity index (χ4v) is 5.03. The van der Waals surface area contributed by atoms with Crippen molar-refractivity contribution in [2.75, 3.05) is 4.90 Å². The summed E-state index contributed by atoms with van der Waals surface area (Å²) >= 11 is 1.14. The largest absolute Gasteiger partial charge is 0.504 e. The van der Waals surface area contributed by atoms with Gasteiger partial charge in [0.15, 0.2) is 11.5 Å². The molecule has 0 bridgehead atoms. The number of urea groups is 1. The number of carboxylic acid groups (broad SMARTS) is 1. The normalized spacial score (nSPS) is 19.0. The van der Waals surface area contributed by atoms with Crippen molar-refractivity contribution in [3.63, 3.8) is 0 Å². The van der Waals surface area contributed by atoms with Gasteiger partial charge < -0.3 is 20.3 Å². The van der Waals surface area contributed by atoms with E-state index in [1.807, 2.05) is 6.92 Å². The molecule has 0 fully saturated rings. The van der Waals surface area contributed by atoms with E-state index in [1.165, 1.54) is 11.0 Å². The van der Waals surface area contributed by atoms with E-state index in [9.17, 15) is 19.8 Å². The summed E-state index contributed by atoms with van der Waals surface area (Å²) in [7, 11) is 0. The third-order valence-electron chi connectivity index (χ3n) is 5.25. The van der Waals surface area contributed by atoms with Crippen molar-refractivity contribution in [1.82, 2.24) is 10.3 Å². The van der Waals surface area contributed by atoms with Gasteiger partial charge >= 0.3 is 12.0 Å². The van der Waals surface area contributed by atoms with Crippen LogP contribution in [0.2, 0.25) is 0 Å². The smallest absolute Gasteiger partial charge is 0.327 e. The van der Waals surface area contributed by atoms with Gasteiger partial charge in [0.25, 0.3) is 0 Å². The summed E-state index contributed by atoms with van der Waals surface area (Å²) in [5.74, 6) is -0.116. The highest BCUT2D eigenvalue weighted by atomic mass is 32.2. The minimum atomic E-state index is -0.991. The quantitative estimate of drug-likeness (QED) is 0.558. The van der Waals surface area contributed by atoms with Crippen molar-refractivity contribution in [2.45, 2.75) is 23.2 Å². The van der Waals surface area contributed by atoms with Gasteiger partial charge in [-0.15, -0.1) is 0 Å². The Bertz CT molecular complexity index is 1230. The number of benzene rings is 2. The number of rotatable bonds is 4. The van der Waals surface area contributed by atoms with E-state index in [0.29, 0.717) is 33.5 Å². The first-order valence-corrected chi connectivity index (χ1v) is 10.4. The molecule has 0 saturated carbocycles. The van der Waals surface area contributed by atoms with Crippen LogP contribution in [-0.4, -0.2) is 32.4 Å². The molecule has 2 aliphatic heterocycles. The SMILES string of the molecule is Cc1cc(Oc2ccccc2O)ccc1N1C(=O)NC2c3c1ccnc3SC2C(=O)O. The molecular weight excluding hydrogens is 418 g/mol. The van der Waals surface area contributed by atoms with Crippen molar-refractivity contribution in [2.24, 2.45) is 0 Å². The molecular formula is C22H17N3O5S. The van der Waals surface area contributed by atoms with Crippen molar-refractivity contribution < 1.29 is 24.5 Å². The van der Waals surface area contributed by atoms with Crippen LogP contribution in [0, 0.1) is 6.92 Å². The number of hydrogen-bond donors (Lipinski definition) is 3. The summed E-state index contributed by atoms with van der Waals surface area (Å²) in [6.45, 7) is 1.85. The number of aryl methyl sites for hydroxylation is 1. The third-order valence-corrected chi connectivity index (χ3v) is 6.53. The van der Waals surface area contributed by atoms with E-state index in [-0.39, 0.29) is 5.75 Å². The van der Waals surface area contributed by atoms with Crippen LogP contribution in [0.25, 0.3) is 0 Å². The number of nitrogens with one attached hydrogen (secondary N) is 1. The minimum Gasteiger partial charge on any atom is -0.504 e. The first-order chi connectivity index (χ1) is 14.9. The molecule has 2 aromatic carbocycles. The van der Waals surface area contributed by atoms with Gasteiger partial charge in [-0.2, -0.15) is 0 Å². The Labute approximate surface area is 181 Å². The van der Waals surface area contributed by atoms with E-state index in [4.69, 9.17) is 4.74 Å². The monoisotopic (exact) mass is 435 g/mol. The number of carbonyl (C=O) groups excluding carboxylic acids is 1. The average Bonchev–Trinajstić information content (AvgIpc) is 3.11. The number of carbonyl (C=O) groups is 2. The van der Waals surface area contributed by atoms with Crippen LogP contribution in [0.5, 0.6) is 17.2 Å². The van der Waals surface area contributed by atoms with E-state index in [1.54, 1.807) is 48.7 Å². The standard InChI is InChI=1S/C22H17N3O5S/c1-11-10-12(30-16-5-3-2-4-15(16)26)6-7-13(11)25-14-8-9-23-20-17(14)18(24-22(25)29)19(31-20)21(27)28/h2-10,18-19,26H,1H3,(H,24,29)(H,27,28). The summed E-state index contributed by atoms with van der Waals surface area (Å²) < 4.78 is 5.77. The van der Waals surface area contributed by atoms with Crippen molar-refractivity contribution in [1.29, 1.82) is 0 Å². The highest BCUT2D eigenvalue weighted by Crippen LogP contribution is 2.51. The number of ether oxygens (including phenoxy) is 1. The van der Waals surface area contributed by atoms with Crippen molar-refractivity contribution in [3.05, 3.63) is 65.9 Å². The number of aliphatic carboxylic acids is 1. The maximum absolute atomic E-state index is 13.0. The fourth-order valence-electron chi connectivity index (χ4n) is 3.87. The molecule has 5 rings (SSSR count). The lowest BCUT2D eigenvalue weighted by atomic mass is 10.00. The van der Waals surface area contributed by atoms with Crippen molar-refractivity contribution in [3.8, 4) is 17.2 Å². The summed E-state index contributed by atoms with van der Waals surface area (Å²) in [6.07, 6.45) is 1.58. The maximum Gasteiger partial charge on any atom is 0.327 e. The zero-order valence-electron chi connectivity index (χ0n) is 16.3. The molecule has 31 heavy (non-hydrogen) atoms. The van der Waals surface area contributed by atoms with Crippen LogP contribution in [-0.2, 0) is 4.79 Å². The number of hydrogen-bond acceptors (Lipinski definition) is 6. The number of pyridine rings is 1. The number of aromatic hydroxyl groups is 1. The van der Waals surface area contributed by atoms with Crippen LogP contribution in [0.3, 0.4) is 0 Å². The van der Waals surface area contributed by atoms with E-state index < -0.39 is 23.3 Å². The topological polar surface area (TPSA) is 112 Å². The second-order valence-corrected chi connectivity index (χ2v) is 8.34. The number of carboxylic acids is 1. The molecule has 0 spiro atoms. The Morgan fingerprint density at radius 2 is 2.00 bits per heavy atom. The lowest BCUT2D eigenvalue weighted by Crippen LogP contribution is -2.47. The van der Waals surface area contributed by atoms with Gasteiger partial charge in [0.1, 0.15) is 16.0 Å². The molecule has 2 unspecified atom stereocenters. The Hall–Kier alpha value is -3.72. The van der Waals surface area contributed by atoms with E-state index in [2.05, 4.69) is 10.3 Å². The highest BCUT2D eigenvalue weighted by Gasteiger charge is 2.46. The Morgan fingerprint density at radius 1 is 1.19 bits per heavy atom. The second kappa shape index (κ2) is 7.21. The zero-order valence-corrected chi connectivity index (χ0v) is 17.1.